The van der Waals surface area contributed by atoms with E-state index in [0.29, 0.717) is 11.7 Å². The number of fused-ring (bicyclic) bond motifs is 1. The maximum Gasteiger partial charge on any atom is 0.207 e. The summed E-state index contributed by atoms with van der Waals surface area (Å²) in [6.07, 6.45) is 6.68. The van der Waals surface area contributed by atoms with Crippen molar-refractivity contribution in [3.8, 4) is 12.4 Å². The number of hydrogen-bond acceptors (Lipinski definition) is 4. The first-order valence-electron chi connectivity index (χ1n) is 3.75. The monoisotopic (exact) mass is 184 g/mol. The quantitative estimate of drug-likeness (QED) is 0.506. The van der Waals surface area contributed by atoms with Gasteiger partial charge in [0.05, 0.1) is 0 Å². The molecule has 6 nitrogen and oxygen atoms in total. The molecule has 0 aromatic carbocycles. The Bertz CT molecular complexity index is 433. The Labute approximate surface area is 79.6 Å². The Balaban J connectivity index is 2.36. The Morgan fingerprint density at radius 1 is 0.929 bits per heavy atom. The summed E-state index contributed by atoms with van der Waals surface area (Å²) in [5, 5.41) is 22.4. The summed E-state index contributed by atoms with van der Waals surface area (Å²) < 4.78 is 0. The molecule has 2 heterocycles. The summed E-state index contributed by atoms with van der Waals surface area (Å²) in [7, 11) is 0. The standard InChI is InChI=1S/C8H4N6/c9-3-13-7-5-1-11-8(14-4-10)6(5)2-12-7/h1-2H,(H,11,14)(H,12,13). The average Bonchev–Trinajstić information content (AvgIpc) is 2.72. The molecule has 0 atom stereocenters. The summed E-state index contributed by atoms with van der Waals surface area (Å²) >= 11 is 0. The van der Waals surface area contributed by atoms with Crippen molar-refractivity contribution in [2.24, 2.45) is 9.98 Å². The minimum atomic E-state index is 0.470. The highest BCUT2D eigenvalue weighted by Gasteiger charge is 2.27. The van der Waals surface area contributed by atoms with Gasteiger partial charge in [0.15, 0.2) is 11.7 Å². The minimum Gasteiger partial charge on any atom is -0.345 e. The number of aliphatic imine (C=N–C) groups is 2. The van der Waals surface area contributed by atoms with Gasteiger partial charge in [0.2, 0.25) is 12.4 Å². The van der Waals surface area contributed by atoms with Crippen LogP contribution in [0.3, 0.4) is 0 Å². The van der Waals surface area contributed by atoms with Gasteiger partial charge in [0.1, 0.15) is 0 Å². The molecule has 2 rings (SSSR count). The maximum absolute atomic E-state index is 8.39. The van der Waals surface area contributed by atoms with E-state index < -0.39 is 0 Å². The summed E-state index contributed by atoms with van der Waals surface area (Å²) in [6, 6.07) is 0. The van der Waals surface area contributed by atoms with Crippen LogP contribution in [0.2, 0.25) is 0 Å². The topological polar surface area (TPSA) is 96.4 Å². The molecule has 2 N–H and O–H groups in total. The summed E-state index contributed by atoms with van der Waals surface area (Å²) in [6.45, 7) is 0. The van der Waals surface area contributed by atoms with Crippen molar-refractivity contribution in [1.29, 1.82) is 10.5 Å². The lowest BCUT2D eigenvalue weighted by atomic mass is 10.1. The summed E-state index contributed by atoms with van der Waals surface area (Å²) in [4.78, 5) is 7.15. The third kappa shape index (κ3) is 1.03. The van der Waals surface area contributed by atoms with Crippen LogP contribution in [-0.2, 0) is 0 Å². The number of nitrogens with one attached hydrogen (secondary N) is 2. The molecule has 2 aliphatic heterocycles. The molecule has 0 radical (unpaired) electrons. The Hall–Kier alpha value is -2.60. The van der Waals surface area contributed by atoms with Crippen molar-refractivity contribution in [3.05, 3.63) is 23.5 Å². The zero-order chi connectivity index (χ0) is 9.97. The highest BCUT2D eigenvalue weighted by molar-refractivity contribution is 6.21. The van der Waals surface area contributed by atoms with E-state index in [0.717, 1.165) is 11.1 Å². The molecule has 0 spiro atoms. The zero-order valence-corrected chi connectivity index (χ0v) is 6.94. The van der Waals surface area contributed by atoms with Gasteiger partial charge in [-0.2, -0.15) is 20.5 Å². The molecule has 0 fully saturated rings. The second-order valence-electron chi connectivity index (χ2n) is 2.53. The fourth-order valence-corrected chi connectivity index (χ4v) is 1.27. The highest BCUT2D eigenvalue weighted by Crippen LogP contribution is 2.21. The van der Waals surface area contributed by atoms with Crippen molar-refractivity contribution >= 4 is 11.7 Å². The van der Waals surface area contributed by atoms with Gasteiger partial charge < -0.3 is 10.6 Å². The third-order valence-electron chi connectivity index (χ3n) is 1.83. The molecule has 66 valence electrons. The molecule has 6 heteroatoms. The largest absolute Gasteiger partial charge is 0.345 e. The van der Waals surface area contributed by atoms with Crippen LogP contribution < -0.4 is 10.6 Å². The molecule has 14 heavy (non-hydrogen) atoms. The second-order valence-corrected chi connectivity index (χ2v) is 2.53. The molecular weight excluding hydrogens is 180 g/mol. The van der Waals surface area contributed by atoms with E-state index in [1.807, 2.05) is 0 Å². The Morgan fingerprint density at radius 3 is 1.71 bits per heavy atom. The van der Waals surface area contributed by atoms with Crippen LogP contribution in [0.5, 0.6) is 0 Å². The smallest absolute Gasteiger partial charge is 0.207 e. The Kier molecular flexibility index (Phi) is 1.74. The molecule has 0 bridgehead atoms. The van der Waals surface area contributed by atoms with Crippen LogP contribution in [0.1, 0.15) is 0 Å². The van der Waals surface area contributed by atoms with Gasteiger partial charge in [-0.1, -0.05) is 0 Å². The average molecular weight is 184 g/mol. The first-order valence-corrected chi connectivity index (χ1v) is 3.75. The van der Waals surface area contributed by atoms with Crippen molar-refractivity contribution in [2.75, 3.05) is 0 Å². The number of nitriles is 2. The predicted molar refractivity (Wildman–Crippen MR) is 48.5 cm³/mol. The number of amidine groups is 2. The first kappa shape index (κ1) is 8.02. The molecule has 0 saturated heterocycles. The van der Waals surface area contributed by atoms with E-state index in [-0.39, 0.29) is 0 Å². The van der Waals surface area contributed by atoms with Crippen molar-refractivity contribution in [1.82, 2.24) is 10.6 Å². The molecule has 0 saturated carbocycles. The van der Waals surface area contributed by atoms with Gasteiger partial charge >= 0.3 is 0 Å². The van der Waals surface area contributed by atoms with E-state index in [1.54, 1.807) is 24.8 Å². The molecule has 0 aromatic rings. The van der Waals surface area contributed by atoms with Crippen LogP contribution in [0.15, 0.2) is 33.5 Å². The number of hydrogen-bond donors (Lipinski definition) is 2. The van der Waals surface area contributed by atoms with Gasteiger partial charge in [-0.05, 0) is 0 Å². The molecule has 0 unspecified atom stereocenters. The van der Waals surface area contributed by atoms with Gasteiger partial charge in [-0.25, -0.2) is 0 Å². The normalized spacial score (nSPS) is 23.0. The molecule has 0 amide bonds. The molecule has 0 aliphatic carbocycles. The molecule has 2 aliphatic rings. The van der Waals surface area contributed by atoms with Crippen molar-refractivity contribution in [2.45, 2.75) is 0 Å². The van der Waals surface area contributed by atoms with Gasteiger partial charge in [0, 0.05) is 23.5 Å². The lowest BCUT2D eigenvalue weighted by Crippen LogP contribution is -2.14. The lowest BCUT2D eigenvalue weighted by molar-refractivity contribution is 1.25. The highest BCUT2D eigenvalue weighted by atomic mass is 15.1. The maximum atomic E-state index is 8.39. The van der Waals surface area contributed by atoms with E-state index >= 15 is 0 Å². The predicted octanol–water partition coefficient (Wildman–Crippen LogP) is -0.280. The fraction of sp³-hybridized carbons (Fsp3) is 0. The van der Waals surface area contributed by atoms with Gasteiger partial charge in [-0.15, -0.1) is 0 Å². The van der Waals surface area contributed by atoms with E-state index in [9.17, 15) is 0 Å². The number of nitrogens with zero attached hydrogens (tertiary/aromatic N) is 4. The van der Waals surface area contributed by atoms with Gasteiger partial charge in [-0.3, -0.25) is 0 Å². The SMILES string of the molecule is N#CN=C1NC=C2C1=CNC2=NC#N. The van der Waals surface area contributed by atoms with Crippen LogP contribution in [0, 0.1) is 22.9 Å². The summed E-state index contributed by atoms with van der Waals surface area (Å²) in [5.74, 6) is 0.941. The van der Waals surface area contributed by atoms with Crippen LogP contribution in [-0.4, -0.2) is 11.7 Å². The second kappa shape index (κ2) is 3.04. The zero-order valence-electron chi connectivity index (χ0n) is 6.94. The van der Waals surface area contributed by atoms with E-state index in [1.165, 1.54) is 0 Å². The lowest BCUT2D eigenvalue weighted by Gasteiger charge is -1.92. The third-order valence-corrected chi connectivity index (χ3v) is 1.83. The van der Waals surface area contributed by atoms with E-state index in [2.05, 4.69) is 20.6 Å². The summed E-state index contributed by atoms with van der Waals surface area (Å²) in [5.41, 5.74) is 1.50. The number of rotatable bonds is 0. The fourth-order valence-electron chi connectivity index (χ4n) is 1.27. The minimum absolute atomic E-state index is 0.470. The van der Waals surface area contributed by atoms with Gasteiger partial charge in [0.25, 0.3) is 0 Å². The molecule has 0 aromatic heterocycles. The van der Waals surface area contributed by atoms with Crippen molar-refractivity contribution in [3.63, 3.8) is 0 Å². The van der Waals surface area contributed by atoms with E-state index in [4.69, 9.17) is 10.5 Å². The van der Waals surface area contributed by atoms with Crippen molar-refractivity contribution < 1.29 is 0 Å². The van der Waals surface area contributed by atoms with Crippen LogP contribution in [0.4, 0.5) is 0 Å². The van der Waals surface area contributed by atoms with Crippen LogP contribution >= 0.6 is 0 Å². The molecular formula is C8H4N6. The first-order chi connectivity index (χ1) is 6.86. The van der Waals surface area contributed by atoms with Crippen LogP contribution in [0.25, 0.3) is 0 Å². The Morgan fingerprint density at radius 2 is 1.36 bits per heavy atom.